The zero-order chi connectivity index (χ0) is 14.7. The second kappa shape index (κ2) is 5.93. The molecule has 0 radical (unpaired) electrons. The van der Waals surface area contributed by atoms with Crippen LogP contribution in [-0.4, -0.2) is 17.4 Å². The van der Waals surface area contributed by atoms with Gasteiger partial charge in [0, 0.05) is 12.2 Å². The monoisotopic (exact) mass is 282 g/mol. The number of hydrazine groups is 1. The van der Waals surface area contributed by atoms with Gasteiger partial charge in [-0.25, -0.2) is 4.98 Å². The van der Waals surface area contributed by atoms with Crippen molar-refractivity contribution in [2.24, 2.45) is 5.84 Å². The van der Waals surface area contributed by atoms with Gasteiger partial charge in [0.25, 0.3) is 5.91 Å². The van der Waals surface area contributed by atoms with E-state index >= 15 is 0 Å². The van der Waals surface area contributed by atoms with Crippen molar-refractivity contribution in [3.63, 3.8) is 0 Å². The number of nitrogen functional groups attached to an aromatic ring is 1. The molecule has 0 fully saturated rings. The average molecular weight is 282 g/mol. The Bertz CT molecular complexity index is 639. The number of rotatable bonds is 2. The Morgan fingerprint density at radius 3 is 2.81 bits per heavy atom. The molecule has 0 spiro atoms. The van der Waals surface area contributed by atoms with Gasteiger partial charge in [-0.1, -0.05) is 18.2 Å². The predicted molar refractivity (Wildman–Crippen MR) is 83.1 cm³/mol. The van der Waals surface area contributed by atoms with Crippen molar-refractivity contribution in [3.8, 4) is 0 Å². The van der Waals surface area contributed by atoms with Gasteiger partial charge in [0.15, 0.2) is 0 Å². The molecular weight excluding hydrogens is 264 g/mol. The summed E-state index contributed by atoms with van der Waals surface area (Å²) in [5, 5.41) is 0. The summed E-state index contributed by atoms with van der Waals surface area (Å²) in [6, 6.07) is 11.5. The minimum absolute atomic E-state index is 0.0621. The molecule has 1 amide bonds. The Labute approximate surface area is 123 Å². The third kappa shape index (κ3) is 2.73. The first-order valence-electron chi connectivity index (χ1n) is 7.12. The largest absolute Gasteiger partial charge is 0.323 e. The number of hydrogen-bond donors (Lipinski definition) is 2. The van der Waals surface area contributed by atoms with Crippen molar-refractivity contribution in [2.45, 2.75) is 19.3 Å². The van der Waals surface area contributed by atoms with Gasteiger partial charge in [0.1, 0.15) is 5.69 Å². The topological polar surface area (TPSA) is 71.2 Å². The Morgan fingerprint density at radius 2 is 2.05 bits per heavy atom. The SMILES string of the molecule is NNc1ccc(C(=O)N2CCCCc3ccccc32)nc1. The van der Waals surface area contributed by atoms with E-state index in [2.05, 4.69) is 16.5 Å². The first-order chi connectivity index (χ1) is 10.3. The number of pyridine rings is 1. The number of nitrogens with one attached hydrogen (secondary N) is 1. The molecule has 3 rings (SSSR count). The van der Waals surface area contributed by atoms with Crippen molar-refractivity contribution in [2.75, 3.05) is 16.9 Å². The number of aromatic nitrogens is 1. The van der Waals surface area contributed by atoms with Gasteiger partial charge >= 0.3 is 0 Å². The molecule has 1 aromatic heterocycles. The maximum absolute atomic E-state index is 12.7. The molecule has 0 atom stereocenters. The lowest BCUT2D eigenvalue weighted by Crippen LogP contribution is -2.32. The minimum Gasteiger partial charge on any atom is -0.323 e. The third-order valence-corrected chi connectivity index (χ3v) is 3.75. The summed E-state index contributed by atoms with van der Waals surface area (Å²) >= 11 is 0. The highest BCUT2D eigenvalue weighted by atomic mass is 16.2. The Morgan fingerprint density at radius 1 is 1.19 bits per heavy atom. The Balaban J connectivity index is 1.93. The van der Waals surface area contributed by atoms with Crippen LogP contribution in [0, 0.1) is 0 Å². The number of hydrogen-bond acceptors (Lipinski definition) is 4. The highest BCUT2D eigenvalue weighted by molar-refractivity contribution is 6.05. The summed E-state index contributed by atoms with van der Waals surface area (Å²) in [4.78, 5) is 18.8. The van der Waals surface area contributed by atoms with Crippen LogP contribution in [0.5, 0.6) is 0 Å². The molecule has 5 nitrogen and oxygen atoms in total. The van der Waals surface area contributed by atoms with Gasteiger partial charge in [-0.3, -0.25) is 10.6 Å². The maximum atomic E-state index is 12.7. The molecule has 1 aliphatic rings. The van der Waals surface area contributed by atoms with Crippen molar-refractivity contribution in [1.29, 1.82) is 0 Å². The van der Waals surface area contributed by atoms with Crippen LogP contribution in [0.4, 0.5) is 11.4 Å². The fourth-order valence-electron chi connectivity index (χ4n) is 2.65. The van der Waals surface area contributed by atoms with E-state index in [4.69, 9.17) is 5.84 Å². The number of amides is 1. The van der Waals surface area contributed by atoms with E-state index < -0.39 is 0 Å². The number of para-hydroxylation sites is 1. The van der Waals surface area contributed by atoms with E-state index in [9.17, 15) is 4.79 Å². The molecule has 5 heteroatoms. The number of nitrogens with two attached hydrogens (primary N) is 1. The van der Waals surface area contributed by atoms with Crippen LogP contribution in [0.1, 0.15) is 28.9 Å². The molecule has 2 heterocycles. The summed E-state index contributed by atoms with van der Waals surface area (Å²) in [6.45, 7) is 0.731. The number of carbonyl (C=O) groups excluding carboxylic acids is 1. The lowest BCUT2D eigenvalue weighted by Gasteiger charge is -2.22. The van der Waals surface area contributed by atoms with Gasteiger partial charge in [-0.15, -0.1) is 0 Å². The second-order valence-electron chi connectivity index (χ2n) is 5.12. The summed E-state index contributed by atoms with van der Waals surface area (Å²) < 4.78 is 0. The van der Waals surface area contributed by atoms with Gasteiger partial charge < -0.3 is 10.3 Å². The Kier molecular flexibility index (Phi) is 3.83. The van der Waals surface area contributed by atoms with E-state index in [0.29, 0.717) is 11.4 Å². The average Bonchev–Trinajstić information content (AvgIpc) is 2.77. The molecule has 0 saturated carbocycles. The number of benzene rings is 1. The molecule has 108 valence electrons. The lowest BCUT2D eigenvalue weighted by atomic mass is 10.1. The van der Waals surface area contributed by atoms with Crippen LogP contribution in [0.15, 0.2) is 42.6 Å². The van der Waals surface area contributed by atoms with Crippen LogP contribution in [0.2, 0.25) is 0 Å². The second-order valence-corrected chi connectivity index (χ2v) is 5.12. The molecule has 1 aliphatic heterocycles. The molecule has 1 aromatic carbocycles. The number of carbonyl (C=O) groups is 1. The molecule has 0 bridgehead atoms. The molecule has 0 aliphatic carbocycles. The molecule has 0 unspecified atom stereocenters. The number of nitrogens with zero attached hydrogens (tertiary/aromatic N) is 2. The first kappa shape index (κ1) is 13.6. The van der Waals surface area contributed by atoms with Crippen LogP contribution in [0.3, 0.4) is 0 Å². The van der Waals surface area contributed by atoms with Gasteiger partial charge in [0.05, 0.1) is 11.9 Å². The fourth-order valence-corrected chi connectivity index (χ4v) is 2.65. The first-order valence-corrected chi connectivity index (χ1v) is 7.12. The van der Waals surface area contributed by atoms with Crippen molar-refractivity contribution >= 4 is 17.3 Å². The standard InChI is InChI=1S/C16H18N4O/c17-19-13-8-9-14(18-11-13)16(21)20-10-4-3-6-12-5-1-2-7-15(12)20/h1-2,5,7-9,11,19H,3-4,6,10,17H2. The predicted octanol–water partition coefficient (Wildman–Crippen LogP) is 2.35. The van der Waals surface area contributed by atoms with Gasteiger partial charge in [0.2, 0.25) is 0 Å². The maximum Gasteiger partial charge on any atom is 0.276 e. The summed E-state index contributed by atoms with van der Waals surface area (Å²) in [6.07, 6.45) is 4.69. The van der Waals surface area contributed by atoms with E-state index in [1.54, 1.807) is 18.3 Å². The van der Waals surface area contributed by atoms with Crippen LogP contribution in [0.25, 0.3) is 0 Å². The molecular formula is C16H18N4O. The van der Waals surface area contributed by atoms with E-state index in [1.807, 2.05) is 23.1 Å². The zero-order valence-corrected chi connectivity index (χ0v) is 11.7. The highest BCUT2D eigenvalue weighted by Gasteiger charge is 2.22. The van der Waals surface area contributed by atoms with E-state index in [1.165, 1.54) is 5.56 Å². The smallest absolute Gasteiger partial charge is 0.276 e. The van der Waals surface area contributed by atoms with E-state index in [-0.39, 0.29) is 5.91 Å². The normalized spacial score (nSPS) is 14.2. The van der Waals surface area contributed by atoms with Crippen molar-refractivity contribution < 1.29 is 4.79 Å². The Hall–Kier alpha value is -2.40. The van der Waals surface area contributed by atoms with Crippen LogP contribution >= 0.6 is 0 Å². The fraction of sp³-hybridized carbons (Fsp3) is 0.250. The molecule has 0 saturated heterocycles. The van der Waals surface area contributed by atoms with Crippen LogP contribution in [-0.2, 0) is 6.42 Å². The third-order valence-electron chi connectivity index (χ3n) is 3.75. The molecule has 2 aromatic rings. The minimum atomic E-state index is -0.0621. The number of fused-ring (bicyclic) bond motifs is 1. The quantitative estimate of drug-likeness (QED) is 0.655. The summed E-state index contributed by atoms with van der Waals surface area (Å²) in [5.74, 6) is 5.26. The van der Waals surface area contributed by atoms with E-state index in [0.717, 1.165) is 31.5 Å². The number of anilines is 2. The zero-order valence-electron chi connectivity index (χ0n) is 11.7. The lowest BCUT2D eigenvalue weighted by molar-refractivity contribution is 0.0982. The van der Waals surface area contributed by atoms with Gasteiger partial charge in [-0.2, -0.15) is 0 Å². The van der Waals surface area contributed by atoms with Crippen molar-refractivity contribution in [1.82, 2.24) is 4.98 Å². The summed E-state index contributed by atoms with van der Waals surface area (Å²) in [5.41, 5.74) is 5.86. The number of aryl methyl sites for hydroxylation is 1. The highest BCUT2D eigenvalue weighted by Crippen LogP contribution is 2.27. The summed E-state index contributed by atoms with van der Waals surface area (Å²) in [7, 11) is 0. The van der Waals surface area contributed by atoms with Crippen LogP contribution < -0.4 is 16.2 Å². The molecule has 21 heavy (non-hydrogen) atoms. The van der Waals surface area contributed by atoms with Gasteiger partial charge in [-0.05, 0) is 43.0 Å². The van der Waals surface area contributed by atoms with Crippen molar-refractivity contribution in [3.05, 3.63) is 53.9 Å². The molecule has 3 N–H and O–H groups in total.